The van der Waals surface area contributed by atoms with Gasteiger partial charge in [-0.15, -0.1) is 0 Å². The van der Waals surface area contributed by atoms with Crippen molar-refractivity contribution in [1.82, 2.24) is 14.9 Å². The second-order valence-electron chi connectivity index (χ2n) is 6.52. The Morgan fingerprint density at radius 1 is 1.20 bits per heavy atom. The number of rotatable bonds is 4. The average molecular weight is 352 g/mol. The first-order valence-electron chi connectivity index (χ1n) is 8.69. The summed E-state index contributed by atoms with van der Waals surface area (Å²) >= 11 is 0. The number of hydrogen-bond donors (Lipinski definition) is 0. The Kier molecular flexibility index (Phi) is 5.42. The van der Waals surface area contributed by atoms with Crippen molar-refractivity contribution in [2.45, 2.75) is 25.9 Å². The van der Waals surface area contributed by atoms with Gasteiger partial charge in [0.1, 0.15) is 12.1 Å². The van der Waals surface area contributed by atoms with Crippen LogP contribution in [-0.4, -0.2) is 53.8 Å². The van der Waals surface area contributed by atoms with E-state index in [1.165, 1.54) is 12.2 Å². The largest absolute Gasteiger partial charge is 0.416 e. The van der Waals surface area contributed by atoms with E-state index in [0.717, 1.165) is 50.5 Å². The summed E-state index contributed by atoms with van der Waals surface area (Å²) in [4.78, 5) is 13.1. The van der Waals surface area contributed by atoms with Gasteiger partial charge in [-0.25, -0.2) is 9.97 Å². The second kappa shape index (κ2) is 7.56. The quantitative estimate of drug-likeness (QED) is 0.833. The molecule has 1 aliphatic heterocycles. The van der Waals surface area contributed by atoms with Crippen LogP contribution in [0.2, 0.25) is 0 Å². The molecule has 2 aliphatic rings. The third-order valence-corrected chi connectivity index (χ3v) is 4.83. The average Bonchev–Trinajstić information content (AvgIpc) is 2.62. The minimum Gasteiger partial charge on any atom is -0.354 e. The van der Waals surface area contributed by atoms with Gasteiger partial charge in [0.05, 0.1) is 5.57 Å². The SMILES string of the molecule is CCc1cncnc1N1CCN(CC2C=CC(C(F)(F)F)=CC2)CC1. The second-order valence-corrected chi connectivity index (χ2v) is 6.52. The Bertz CT molecular complexity index is 646. The number of piperazine rings is 1. The molecule has 1 unspecified atom stereocenters. The minimum absolute atomic E-state index is 0.155. The van der Waals surface area contributed by atoms with Gasteiger partial charge in [-0.3, -0.25) is 4.90 Å². The van der Waals surface area contributed by atoms with Crippen molar-refractivity contribution in [2.24, 2.45) is 5.92 Å². The fourth-order valence-electron chi connectivity index (χ4n) is 3.37. The standard InChI is InChI=1S/C18H23F3N4/c1-2-15-11-22-13-23-17(15)25-9-7-24(8-10-25)12-14-3-5-16(6-4-14)18(19,20)21/h3,5-6,11,13-14H,2,4,7-10,12H2,1H3. The molecule has 1 atom stereocenters. The first-order chi connectivity index (χ1) is 12.0. The van der Waals surface area contributed by atoms with Crippen LogP contribution in [0.3, 0.4) is 0 Å². The monoisotopic (exact) mass is 352 g/mol. The molecule has 7 heteroatoms. The van der Waals surface area contributed by atoms with E-state index < -0.39 is 11.7 Å². The van der Waals surface area contributed by atoms with E-state index in [9.17, 15) is 13.2 Å². The van der Waals surface area contributed by atoms with E-state index >= 15 is 0 Å². The first-order valence-corrected chi connectivity index (χ1v) is 8.69. The molecule has 25 heavy (non-hydrogen) atoms. The highest BCUT2D eigenvalue weighted by Crippen LogP contribution is 2.31. The summed E-state index contributed by atoms with van der Waals surface area (Å²) in [6.45, 7) is 6.45. The van der Waals surface area contributed by atoms with Crippen LogP contribution >= 0.6 is 0 Å². The maximum absolute atomic E-state index is 12.6. The number of aromatic nitrogens is 2. The van der Waals surface area contributed by atoms with Crippen molar-refractivity contribution >= 4 is 5.82 Å². The molecule has 3 rings (SSSR count). The zero-order valence-corrected chi connectivity index (χ0v) is 14.3. The molecular formula is C18H23F3N4. The molecule has 1 aromatic rings. The molecule has 0 bridgehead atoms. The summed E-state index contributed by atoms with van der Waals surface area (Å²) in [5.74, 6) is 1.16. The molecule has 1 aliphatic carbocycles. The molecule has 4 nitrogen and oxygen atoms in total. The summed E-state index contributed by atoms with van der Waals surface area (Å²) < 4.78 is 37.9. The van der Waals surface area contributed by atoms with E-state index in [-0.39, 0.29) is 5.92 Å². The number of allylic oxidation sites excluding steroid dienone is 3. The summed E-state index contributed by atoms with van der Waals surface area (Å²) in [5.41, 5.74) is 0.625. The van der Waals surface area contributed by atoms with Crippen molar-refractivity contribution in [2.75, 3.05) is 37.6 Å². The lowest BCUT2D eigenvalue weighted by Crippen LogP contribution is -2.48. The van der Waals surface area contributed by atoms with Gasteiger partial charge < -0.3 is 4.90 Å². The molecule has 1 saturated heterocycles. The fourth-order valence-corrected chi connectivity index (χ4v) is 3.37. The molecular weight excluding hydrogens is 329 g/mol. The molecule has 1 aromatic heterocycles. The highest BCUT2D eigenvalue weighted by Gasteiger charge is 2.33. The maximum Gasteiger partial charge on any atom is 0.416 e. The topological polar surface area (TPSA) is 32.3 Å². The van der Waals surface area contributed by atoms with E-state index in [1.54, 1.807) is 12.4 Å². The van der Waals surface area contributed by atoms with Gasteiger partial charge in [0.25, 0.3) is 0 Å². The summed E-state index contributed by atoms with van der Waals surface area (Å²) in [6.07, 6.45) is 4.81. The summed E-state index contributed by atoms with van der Waals surface area (Å²) in [7, 11) is 0. The van der Waals surface area contributed by atoms with E-state index in [2.05, 4.69) is 26.7 Å². The number of nitrogens with zero attached hydrogens (tertiary/aromatic N) is 4. The van der Waals surface area contributed by atoms with Gasteiger partial charge in [-0.2, -0.15) is 13.2 Å². The van der Waals surface area contributed by atoms with Gasteiger partial charge in [0, 0.05) is 44.5 Å². The third kappa shape index (κ3) is 4.39. The first kappa shape index (κ1) is 17.9. The van der Waals surface area contributed by atoms with Crippen LogP contribution in [0.5, 0.6) is 0 Å². The fraction of sp³-hybridized carbons (Fsp3) is 0.556. The maximum atomic E-state index is 12.6. The summed E-state index contributed by atoms with van der Waals surface area (Å²) in [6, 6.07) is 0. The van der Waals surface area contributed by atoms with Crippen molar-refractivity contribution in [3.05, 3.63) is 41.9 Å². The Morgan fingerprint density at radius 2 is 1.96 bits per heavy atom. The van der Waals surface area contributed by atoms with Crippen LogP contribution in [0.15, 0.2) is 36.3 Å². The van der Waals surface area contributed by atoms with E-state index in [0.29, 0.717) is 6.42 Å². The van der Waals surface area contributed by atoms with Crippen LogP contribution in [0, 0.1) is 5.92 Å². The van der Waals surface area contributed by atoms with Crippen LogP contribution in [-0.2, 0) is 6.42 Å². The van der Waals surface area contributed by atoms with Gasteiger partial charge >= 0.3 is 6.18 Å². The van der Waals surface area contributed by atoms with Gasteiger partial charge in [0.2, 0.25) is 0 Å². The van der Waals surface area contributed by atoms with Crippen LogP contribution < -0.4 is 4.90 Å². The zero-order valence-electron chi connectivity index (χ0n) is 14.3. The molecule has 0 N–H and O–H groups in total. The lowest BCUT2D eigenvalue weighted by Gasteiger charge is -2.37. The van der Waals surface area contributed by atoms with Crippen molar-refractivity contribution < 1.29 is 13.2 Å². The molecule has 1 fully saturated rings. The van der Waals surface area contributed by atoms with Crippen LogP contribution in [0.1, 0.15) is 18.9 Å². The molecule has 0 aromatic carbocycles. The number of alkyl halides is 3. The van der Waals surface area contributed by atoms with Crippen molar-refractivity contribution in [3.63, 3.8) is 0 Å². The van der Waals surface area contributed by atoms with E-state index in [4.69, 9.17) is 0 Å². The highest BCUT2D eigenvalue weighted by atomic mass is 19.4. The van der Waals surface area contributed by atoms with Crippen molar-refractivity contribution in [1.29, 1.82) is 0 Å². The zero-order chi connectivity index (χ0) is 17.9. The summed E-state index contributed by atoms with van der Waals surface area (Å²) in [5, 5.41) is 0. The number of anilines is 1. The Hall–Kier alpha value is -1.89. The van der Waals surface area contributed by atoms with Crippen LogP contribution in [0.25, 0.3) is 0 Å². The Labute approximate surface area is 146 Å². The molecule has 0 saturated carbocycles. The predicted molar refractivity (Wildman–Crippen MR) is 91.4 cm³/mol. The Morgan fingerprint density at radius 3 is 2.56 bits per heavy atom. The number of hydrogen-bond acceptors (Lipinski definition) is 4. The predicted octanol–water partition coefficient (Wildman–Crippen LogP) is 3.23. The molecule has 0 spiro atoms. The van der Waals surface area contributed by atoms with Gasteiger partial charge in [-0.05, 0) is 18.8 Å². The number of aryl methyl sites for hydroxylation is 1. The highest BCUT2D eigenvalue weighted by molar-refractivity contribution is 5.45. The molecule has 2 heterocycles. The smallest absolute Gasteiger partial charge is 0.354 e. The van der Waals surface area contributed by atoms with Gasteiger partial charge in [0.15, 0.2) is 0 Å². The molecule has 0 amide bonds. The van der Waals surface area contributed by atoms with Crippen LogP contribution in [0.4, 0.5) is 19.0 Å². The Balaban J connectivity index is 1.51. The molecule has 0 radical (unpaired) electrons. The third-order valence-electron chi connectivity index (χ3n) is 4.83. The normalized spacial score (nSPS) is 22.2. The van der Waals surface area contributed by atoms with Gasteiger partial charge in [-0.1, -0.05) is 25.2 Å². The minimum atomic E-state index is -4.23. The lowest BCUT2D eigenvalue weighted by molar-refractivity contribution is -0.0887. The van der Waals surface area contributed by atoms with E-state index in [1.807, 2.05) is 6.20 Å². The lowest BCUT2D eigenvalue weighted by atomic mass is 9.95. The van der Waals surface area contributed by atoms with Crippen molar-refractivity contribution in [3.8, 4) is 0 Å². The molecule has 136 valence electrons. The number of halogens is 3.